The number of rotatable bonds is 23. The Bertz CT molecular complexity index is 290. The summed E-state index contributed by atoms with van der Waals surface area (Å²) in [5.41, 5.74) is 0. The van der Waals surface area contributed by atoms with Crippen LogP contribution in [0.1, 0.15) is 135 Å². The summed E-state index contributed by atoms with van der Waals surface area (Å²) < 4.78 is 1.14. The molecule has 0 aliphatic rings. The summed E-state index contributed by atoms with van der Waals surface area (Å²) in [6.45, 7) is 4.82. The average molecular weight is 415 g/mol. The van der Waals surface area contributed by atoms with Crippen molar-refractivity contribution in [2.24, 2.45) is 0 Å². The summed E-state index contributed by atoms with van der Waals surface area (Å²) in [7, 11) is 4.68. The molecule has 0 saturated carbocycles. The van der Waals surface area contributed by atoms with Gasteiger partial charge in [-0.1, -0.05) is 122 Å². The molecule has 0 radical (unpaired) electrons. The lowest BCUT2D eigenvalue weighted by molar-refractivity contribution is -0.888. The first-order valence-corrected chi connectivity index (χ1v) is 13.7. The van der Waals surface area contributed by atoms with Gasteiger partial charge in [-0.05, 0) is 12.8 Å². The molecule has 0 amide bonds. The van der Waals surface area contributed by atoms with Gasteiger partial charge in [0.2, 0.25) is 0 Å². The number of hydrogen-bond donors (Lipinski definition) is 1. The van der Waals surface area contributed by atoms with Crippen LogP contribution >= 0.6 is 12.6 Å². The van der Waals surface area contributed by atoms with Gasteiger partial charge in [0.25, 0.3) is 0 Å². The van der Waals surface area contributed by atoms with Crippen LogP contribution in [-0.2, 0) is 0 Å². The zero-order chi connectivity index (χ0) is 20.8. The van der Waals surface area contributed by atoms with E-state index >= 15 is 0 Å². The van der Waals surface area contributed by atoms with Crippen LogP contribution in [0.15, 0.2) is 0 Å². The quantitative estimate of drug-likeness (QED) is 0.0963. The maximum absolute atomic E-state index is 4.36. The second-order valence-corrected chi connectivity index (χ2v) is 10.3. The van der Waals surface area contributed by atoms with Crippen molar-refractivity contribution in [2.75, 3.05) is 32.9 Å². The van der Waals surface area contributed by atoms with E-state index in [0.29, 0.717) is 0 Å². The monoisotopic (exact) mass is 414 g/mol. The fourth-order valence-corrected chi connectivity index (χ4v) is 4.72. The number of nitrogens with zero attached hydrogens (tertiary/aromatic N) is 1. The van der Waals surface area contributed by atoms with E-state index < -0.39 is 0 Å². The summed E-state index contributed by atoms with van der Waals surface area (Å²) in [6.07, 6.45) is 29.2. The molecule has 0 aliphatic heterocycles. The molecule has 28 heavy (non-hydrogen) atoms. The second kappa shape index (κ2) is 22.0. The van der Waals surface area contributed by atoms with E-state index in [4.69, 9.17) is 0 Å². The van der Waals surface area contributed by atoms with Gasteiger partial charge in [-0.15, -0.1) is 0 Å². The third kappa shape index (κ3) is 22.6. The van der Waals surface area contributed by atoms with E-state index in [0.717, 1.165) is 10.2 Å². The van der Waals surface area contributed by atoms with Crippen LogP contribution in [-0.4, -0.2) is 37.4 Å². The van der Waals surface area contributed by atoms with Crippen LogP contribution in [0.2, 0.25) is 0 Å². The number of quaternary nitrogens is 1. The van der Waals surface area contributed by atoms with Crippen LogP contribution in [0.25, 0.3) is 0 Å². The molecule has 0 bridgehead atoms. The SMILES string of the molecule is CCCCCCCCCCCCCCCCCCCCCC[N+](C)(C)CCS. The highest BCUT2D eigenvalue weighted by atomic mass is 32.1. The smallest absolute Gasteiger partial charge is 0.0871 e. The Morgan fingerprint density at radius 2 is 0.714 bits per heavy atom. The first kappa shape index (κ1) is 28.3. The van der Waals surface area contributed by atoms with Gasteiger partial charge < -0.3 is 4.48 Å². The largest absolute Gasteiger partial charge is 0.328 e. The minimum atomic E-state index is 1.01. The van der Waals surface area contributed by atoms with E-state index in [1.807, 2.05) is 0 Å². The van der Waals surface area contributed by atoms with Gasteiger partial charge in [-0.3, -0.25) is 0 Å². The summed E-state index contributed by atoms with van der Waals surface area (Å²) in [4.78, 5) is 0. The molecule has 0 saturated heterocycles. The predicted octanol–water partition coefficient (Wildman–Crippen LogP) is 8.81. The highest BCUT2D eigenvalue weighted by Crippen LogP contribution is 2.15. The van der Waals surface area contributed by atoms with Crippen LogP contribution in [0.5, 0.6) is 0 Å². The van der Waals surface area contributed by atoms with Gasteiger partial charge in [0.15, 0.2) is 0 Å². The molecule has 2 heteroatoms. The number of hydrogen-bond acceptors (Lipinski definition) is 1. The van der Waals surface area contributed by atoms with Crippen molar-refractivity contribution >= 4 is 12.6 Å². The molecule has 0 N–H and O–H groups in total. The molecule has 0 aromatic carbocycles. The third-order valence-electron chi connectivity index (χ3n) is 6.32. The molecular weight excluding hydrogens is 358 g/mol. The standard InChI is InChI=1S/C26H55NS/c1-4-5-6-7-8-9-10-11-12-13-14-15-16-17-18-19-20-21-22-23-24-27(2,3)25-26-28/h4-26H2,1-3H3/p+1. The lowest BCUT2D eigenvalue weighted by Gasteiger charge is -2.29. The van der Waals surface area contributed by atoms with Gasteiger partial charge >= 0.3 is 0 Å². The first-order chi connectivity index (χ1) is 13.6. The van der Waals surface area contributed by atoms with Crippen molar-refractivity contribution in [1.29, 1.82) is 0 Å². The van der Waals surface area contributed by atoms with E-state index in [1.165, 1.54) is 142 Å². The summed E-state index contributed by atoms with van der Waals surface area (Å²) in [5.74, 6) is 1.01. The Morgan fingerprint density at radius 3 is 1.00 bits per heavy atom. The molecule has 0 atom stereocenters. The van der Waals surface area contributed by atoms with Crippen LogP contribution in [0, 0.1) is 0 Å². The minimum Gasteiger partial charge on any atom is -0.328 e. The minimum absolute atomic E-state index is 1.01. The molecule has 1 nitrogen and oxygen atoms in total. The van der Waals surface area contributed by atoms with E-state index in [-0.39, 0.29) is 0 Å². The van der Waals surface area contributed by atoms with Crippen molar-refractivity contribution < 1.29 is 4.48 Å². The Kier molecular flexibility index (Phi) is 22.2. The molecule has 0 aromatic rings. The van der Waals surface area contributed by atoms with Crippen molar-refractivity contribution in [1.82, 2.24) is 0 Å². The molecule has 170 valence electrons. The van der Waals surface area contributed by atoms with Gasteiger partial charge in [0.1, 0.15) is 0 Å². The topological polar surface area (TPSA) is 0 Å². The summed E-state index contributed by atoms with van der Waals surface area (Å²) in [5, 5.41) is 0. The Labute approximate surface area is 185 Å². The number of thiol groups is 1. The van der Waals surface area contributed by atoms with Crippen molar-refractivity contribution in [2.45, 2.75) is 135 Å². The van der Waals surface area contributed by atoms with Crippen molar-refractivity contribution in [3.05, 3.63) is 0 Å². The lowest BCUT2D eigenvalue weighted by Crippen LogP contribution is -2.41. The third-order valence-corrected chi connectivity index (χ3v) is 6.52. The highest BCUT2D eigenvalue weighted by Gasteiger charge is 2.12. The molecule has 0 fully saturated rings. The zero-order valence-electron chi connectivity index (χ0n) is 20.2. The molecule has 0 rings (SSSR count). The molecule has 0 heterocycles. The first-order valence-electron chi connectivity index (χ1n) is 13.1. The van der Waals surface area contributed by atoms with Gasteiger partial charge in [0, 0.05) is 5.75 Å². The van der Waals surface area contributed by atoms with Gasteiger partial charge in [-0.2, -0.15) is 12.6 Å². The van der Waals surface area contributed by atoms with Crippen LogP contribution in [0.3, 0.4) is 0 Å². The fraction of sp³-hybridized carbons (Fsp3) is 1.00. The van der Waals surface area contributed by atoms with E-state index in [9.17, 15) is 0 Å². The second-order valence-electron chi connectivity index (χ2n) is 9.82. The van der Waals surface area contributed by atoms with Crippen LogP contribution < -0.4 is 0 Å². The lowest BCUT2D eigenvalue weighted by atomic mass is 10.0. The number of unbranched alkanes of at least 4 members (excludes halogenated alkanes) is 19. The summed E-state index contributed by atoms with van der Waals surface area (Å²) in [6, 6.07) is 0. The normalized spacial score (nSPS) is 12.0. The van der Waals surface area contributed by atoms with Crippen molar-refractivity contribution in [3.8, 4) is 0 Å². The van der Waals surface area contributed by atoms with Gasteiger partial charge in [0.05, 0.1) is 27.2 Å². The maximum atomic E-state index is 4.36. The van der Waals surface area contributed by atoms with Gasteiger partial charge in [-0.25, -0.2) is 0 Å². The van der Waals surface area contributed by atoms with Crippen molar-refractivity contribution in [3.63, 3.8) is 0 Å². The average Bonchev–Trinajstić information content (AvgIpc) is 2.66. The fourth-order valence-electron chi connectivity index (χ4n) is 4.18. The van der Waals surface area contributed by atoms with E-state index in [2.05, 4.69) is 33.6 Å². The zero-order valence-corrected chi connectivity index (χ0v) is 21.1. The Balaban J connectivity index is 3.09. The van der Waals surface area contributed by atoms with E-state index in [1.54, 1.807) is 0 Å². The summed E-state index contributed by atoms with van der Waals surface area (Å²) >= 11 is 4.36. The Hall–Kier alpha value is 0.310. The maximum Gasteiger partial charge on any atom is 0.0871 e. The predicted molar refractivity (Wildman–Crippen MR) is 134 cm³/mol. The molecule has 0 unspecified atom stereocenters. The molecule has 0 spiro atoms. The highest BCUT2D eigenvalue weighted by molar-refractivity contribution is 7.80. The molecular formula is C26H56NS+. The van der Waals surface area contributed by atoms with Crippen LogP contribution in [0.4, 0.5) is 0 Å². The molecule has 0 aliphatic carbocycles. The Morgan fingerprint density at radius 1 is 0.429 bits per heavy atom. The molecule has 0 aromatic heterocycles.